The lowest BCUT2D eigenvalue weighted by molar-refractivity contribution is -0.121. The predicted octanol–water partition coefficient (Wildman–Crippen LogP) is 3.27. The Kier molecular flexibility index (Phi) is 5.89. The fourth-order valence-electron chi connectivity index (χ4n) is 3.22. The van der Waals surface area contributed by atoms with Gasteiger partial charge in [-0.15, -0.1) is 0 Å². The van der Waals surface area contributed by atoms with Gasteiger partial charge in [0.1, 0.15) is 12.2 Å². The normalized spacial score (nSPS) is 11.0. The second-order valence-corrected chi connectivity index (χ2v) is 6.63. The summed E-state index contributed by atoms with van der Waals surface area (Å²) in [6.07, 6.45) is 3.25. The number of carbonyl (C=O) groups excluding carboxylic acids is 1. The summed E-state index contributed by atoms with van der Waals surface area (Å²) in [5.41, 5.74) is 5.67. The van der Waals surface area contributed by atoms with Crippen LogP contribution in [0.4, 0.5) is 0 Å². The van der Waals surface area contributed by atoms with Crippen molar-refractivity contribution in [1.82, 2.24) is 20.0 Å². The number of hydrogen-bond donors (Lipinski definition) is 1. The van der Waals surface area contributed by atoms with Crippen LogP contribution in [-0.4, -0.2) is 40.9 Å². The van der Waals surface area contributed by atoms with Crippen LogP contribution in [-0.2, 0) is 11.3 Å². The van der Waals surface area contributed by atoms with Crippen LogP contribution < -0.4 is 14.9 Å². The van der Waals surface area contributed by atoms with Crippen molar-refractivity contribution in [3.05, 3.63) is 72.4 Å². The average molecular weight is 415 g/mol. The Hall–Kier alpha value is -4.20. The number of pyridine rings is 1. The van der Waals surface area contributed by atoms with E-state index in [-0.39, 0.29) is 12.5 Å². The summed E-state index contributed by atoms with van der Waals surface area (Å²) in [4.78, 5) is 21.6. The molecule has 2 aromatic carbocycles. The molecule has 0 fully saturated rings. The van der Waals surface area contributed by atoms with Crippen molar-refractivity contribution in [2.24, 2.45) is 5.10 Å². The number of rotatable bonds is 7. The van der Waals surface area contributed by atoms with Gasteiger partial charge in [-0.1, -0.05) is 18.2 Å². The van der Waals surface area contributed by atoms with E-state index in [9.17, 15) is 4.79 Å². The van der Waals surface area contributed by atoms with Crippen LogP contribution in [0.2, 0.25) is 0 Å². The topological polar surface area (TPSA) is 90.6 Å². The molecule has 0 spiro atoms. The summed E-state index contributed by atoms with van der Waals surface area (Å²) < 4.78 is 12.3. The lowest BCUT2D eigenvalue weighted by atomic mass is 10.2. The summed E-state index contributed by atoms with van der Waals surface area (Å²) in [7, 11) is 3.14. The maximum Gasteiger partial charge on any atom is 0.260 e. The first-order valence-electron chi connectivity index (χ1n) is 9.60. The molecule has 1 amide bonds. The van der Waals surface area contributed by atoms with Crippen LogP contribution in [0, 0.1) is 0 Å². The highest BCUT2D eigenvalue weighted by molar-refractivity contribution is 5.85. The Labute approximate surface area is 179 Å². The van der Waals surface area contributed by atoms with E-state index >= 15 is 0 Å². The molecule has 0 bridgehead atoms. The van der Waals surface area contributed by atoms with E-state index < -0.39 is 0 Å². The minimum Gasteiger partial charge on any atom is -0.493 e. The smallest absolute Gasteiger partial charge is 0.260 e. The first-order chi connectivity index (χ1) is 15.2. The number of methoxy groups -OCH3 is 2. The molecule has 156 valence electrons. The number of para-hydroxylation sites is 2. The van der Waals surface area contributed by atoms with Crippen LogP contribution in [0.1, 0.15) is 5.56 Å². The molecule has 0 unspecified atom stereocenters. The zero-order chi connectivity index (χ0) is 21.6. The Balaban J connectivity index is 1.53. The van der Waals surface area contributed by atoms with Gasteiger partial charge in [0.25, 0.3) is 5.91 Å². The standard InChI is InChI=1S/C23H21N5O3/c1-30-20-11-10-16(13-21(20)31-2)14-25-27-22(29)15-28-19-9-4-3-7-17(19)26-23(28)18-8-5-6-12-24-18/h3-14H,15H2,1-2H3,(H,27,29). The maximum absolute atomic E-state index is 12.6. The number of aromatic nitrogens is 3. The minimum atomic E-state index is -0.280. The summed E-state index contributed by atoms with van der Waals surface area (Å²) in [6, 6.07) is 18.6. The molecule has 0 saturated heterocycles. The average Bonchev–Trinajstić information content (AvgIpc) is 3.18. The van der Waals surface area contributed by atoms with Gasteiger partial charge >= 0.3 is 0 Å². The second kappa shape index (κ2) is 9.08. The quantitative estimate of drug-likeness (QED) is 0.370. The van der Waals surface area contributed by atoms with Gasteiger partial charge in [0.15, 0.2) is 17.3 Å². The highest BCUT2D eigenvalue weighted by atomic mass is 16.5. The third-order valence-electron chi connectivity index (χ3n) is 4.66. The van der Waals surface area contributed by atoms with Gasteiger partial charge in [-0.05, 0) is 48.0 Å². The zero-order valence-electron chi connectivity index (χ0n) is 17.1. The first-order valence-corrected chi connectivity index (χ1v) is 9.60. The third-order valence-corrected chi connectivity index (χ3v) is 4.66. The number of nitrogens with zero attached hydrogens (tertiary/aromatic N) is 4. The van der Waals surface area contributed by atoms with Crippen LogP contribution in [0.25, 0.3) is 22.6 Å². The zero-order valence-corrected chi connectivity index (χ0v) is 17.1. The van der Waals surface area contributed by atoms with E-state index in [1.54, 1.807) is 38.8 Å². The van der Waals surface area contributed by atoms with Crippen molar-refractivity contribution in [3.8, 4) is 23.0 Å². The Morgan fingerprint density at radius 3 is 2.65 bits per heavy atom. The molecule has 8 heteroatoms. The minimum absolute atomic E-state index is 0.0513. The third kappa shape index (κ3) is 4.37. The highest BCUT2D eigenvalue weighted by Gasteiger charge is 2.15. The number of benzene rings is 2. The summed E-state index contributed by atoms with van der Waals surface area (Å²) in [5.74, 6) is 1.55. The number of nitrogens with one attached hydrogen (secondary N) is 1. The highest BCUT2D eigenvalue weighted by Crippen LogP contribution is 2.27. The molecule has 0 aliphatic rings. The molecule has 2 heterocycles. The Morgan fingerprint density at radius 1 is 1.06 bits per heavy atom. The summed E-state index contributed by atoms with van der Waals surface area (Å²) >= 11 is 0. The molecular formula is C23H21N5O3. The predicted molar refractivity (Wildman–Crippen MR) is 118 cm³/mol. The number of ether oxygens (including phenoxy) is 2. The molecule has 31 heavy (non-hydrogen) atoms. The molecule has 0 radical (unpaired) electrons. The first kappa shape index (κ1) is 20.1. The van der Waals surface area contributed by atoms with Crippen LogP contribution in [0.5, 0.6) is 11.5 Å². The van der Waals surface area contributed by atoms with Gasteiger partial charge in [-0.2, -0.15) is 5.10 Å². The number of imidazole rings is 1. The van der Waals surface area contributed by atoms with E-state index in [1.807, 2.05) is 53.1 Å². The number of amides is 1. The molecule has 1 N–H and O–H groups in total. The fraction of sp³-hybridized carbons (Fsp3) is 0.130. The van der Waals surface area contributed by atoms with Gasteiger partial charge in [0.05, 0.1) is 31.5 Å². The van der Waals surface area contributed by atoms with E-state index in [0.717, 1.165) is 16.6 Å². The summed E-state index contributed by atoms with van der Waals surface area (Å²) in [6.45, 7) is 0.0513. The van der Waals surface area contributed by atoms with Crippen LogP contribution in [0.15, 0.2) is 72.0 Å². The SMILES string of the molecule is COc1ccc(C=NNC(=O)Cn2c(-c3ccccn3)nc3ccccc32)cc1OC. The lowest BCUT2D eigenvalue weighted by Crippen LogP contribution is -2.23. The number of hydrazone groups is 1. The number of fused-ring (bicyclic) bond motifs is 1. The van der Waals surface area contributed by atoms with Gasteiger partial charge in [0, 0.05) is 6.20 Å². The van der Waals surface area contributed by atoms with Crippen molar-refractivity contribution in [3.63, 3.8) is 0 Å². The number of carbonyl (C=O) groups is 1. The molecule has 0 aliphatic carbocycles. The van der Waals surface area contributed by atoms with Crippen molar-refractivity contribution >= 4 is 23.2 Å². The Morgan fingerprint density at radius 2 is 1.87 bits per heavy atom. The largest absolute Gasteiger partial charge is 0.493 e. The van der Waals surface area contributed by atoms with Crippen molar-refractivity contribution < 1.29 is 14.3 Å². The molecule has 4 aromatic rings. The van der Waals surface area contributed by atoms with Gasteiger partial charge in [-0.3, -0.25) is 9.78 Å². The molecule has 0 saturated carbocycles. The van der Waals surface area contributed by atoms with Gasteiger partial charge < -0.3 is 14.0 Å². The molecule has 0 atom stereocenters. The molecular weight excluding hydrogens is 394 g/mol. The van der Waals surface area contributed by atoms with Gasteiger partial charge in [0.2, 0.25) is 0 Å². The second-order valence-electron chi connectivity index (χ2n) is 6.63. The van der Waals surface area contributed by atoms with E-state index in [0.29, 0.717) is 23.0 Å². The van der Waals surface area contributed by atoms with E-state index in [2.05, 4.69) is 20.5 Å². The molecule has 0 aliphatic heterocycles. The lowest BCUT2D eigenvalue weighted by Gasteiger charge is -2.08. The fourth-order valence-corrected chi connectivity index (χ4v) is 3.22. The maximum atomic E-state index is 12.6. The monoisotopic (exact) mass is 415 g/mol. The van der Waals surface area contributed by atoms with E-state index in [1.165, 1.54) is 0 Å². The van der Waals surface area contributed by atoms with E-state index in [4.69, 9.17) is 9.47 Å². The van der Waals surface area contributed by atoms with Crippen molar-refractivity contribution in [2.75, 3.05) is 14.2 Å². The van der Waals surface area contributed by atoms with Crippen molar-refractivity contribution in [1.29, 1.82) is 0 Å². The summed E-state index contributed by atoms with van der Waals surface area (Å²) in [5, 5.41) is 4.07. The van der Waals surface area contributed by atoms with Crippen LogP contribution in [0.3, 0.4) is 0 Å². The molecule has 4 rings (SSSR count). The number of hydrogen-bond acceptors (Lipinski definition) is 6. The Bertz CT molecular complexity index is 1230. The van der Waals surface area contributed by atoms with Gasteiger partial charge in [-0.25, -0.2) is 10.4 Å². The molecule has 2 aromatic heterocycles. The van der Waals surface area contributed by atoms with Crippen molar-refractivity contribution in [2.45, 2.75) is 6.54 Å². The van der Waals surface area contributed by atoms with Crippen LogP contribution >= 0.6 is 0 Å². The molecule has 8 nitrogen and oxygen atoms in total.